The Hall–Kier alpha value is -1.88. The summed E-state index contributed by atoms with van der Waals surface area (Å²) in [6, 6.07) is 8.79. The third kappa shape index (κ3) is 6.32. The summed E-state index contributed by atoms with van der Waals surface area (Å²) in [5, 5.41) is 8.58. The summed E-state index contributed by atoms with van der Waals surface area (Å²) in [6.45, 7) is 9.28. The second kappa shape index (κ2) is 8.29. The largest absolute Gasteiger partial charge is 0.294 e. The van der Waals surface area contributed by atoms with Crippen molar-refractivity contribution in [1.29, 1.82) is 5.26 Å². The number of allylic oxidation sites excluding steroid dienone is 1. The third-order valence-electron chi connectivity index (χ3n) is 1.93. The Balaban J connectivity index is 0.000000770. The molecule has 2 nitrogen and oxygen atoms in total. The van der Waals surface area contributed by atoms with Crippen LogP contribution in [0.5, 0.6) is 0 Å². The van der Waals surface area contributed by atoms with Gasteiger partial charge in [-0.2, -0.15) is 5.26 Å². The first-order valence-corrected chi connectivity index (χ1v) is 5.65. The van der Waals surface area contributed by atoms with Crippen molar-refractivity contribution in [3.8, 4) is 6.07 Å². The average molecular weight is 229 g/mol. The molecule has 90 valence electrons. The van der Waals surface area contributed by atoms with Crippen molar-refractivity contribution in [1.82, 2.24) is 0 Å². The van der Waals surface area contributed by atoms with Crippen LogP contribution < -0.4 is 0 Å². The molecule has 0 N–H and O–H groups in total. The highest BCUT2D eigenvalue weighted by Gasteiger charge is 2.07. The van der Waals surface area contributed by atoms with Crippen LogP contribution in [-0.2, 0) is 0 Å². The lowest BCUT2D eigenvalue weighted by Crippen LogP contribution is -2.03. The van der Waals surface area contributed by atoms with E-state index in [1.165, 1.54) is 0 Å². The first kappa shape index (κ1) is 15.1. The average Bonchev–Trinajstić information content (AvgIpc) is 2.29. The molecule has 0 radical (unpaired) electrons. The first-order valence-electron chi connectivity index (χ1n) is 5.65. The van der Waals surface area contributed by atoms with Crippen molar-refractivity contribution in [3.05, 3.63) is 48.0 Å². The van der Waals surface area contributed by atoms with Gasteiger partial charge >= 0.3 is 0 Å². The van der Waals surface area contributed by atoms with Crippen LogP contribution in [0.3, 0.4) is 0 Å². The lowest BCUT2D eigenvalue weighted by molar-refractivity contribution is 0.0968. The normalized spacial score (nSPS) is 8.88. The van der Waals surface area contributed by atoms with Crippen LogP contribution in [0, 0.1) is 17.2 Å². The quantitative estimate of drug-likeness (QED) is 0.581. The zero-order valence-corrected chi connectivity index (χ0v) is 10.7. The van der Waals surface area contributed by atoms with Crippen LogP contribution in [0.4, 0.5) is 0 Å². The van der Waals surface area contributed by atoms with E-state index in [0.717, 1.165) is 0 Å². The second-order valence-electron chi connectivity index (χ2n) is 4.12. The van der Waals surface area contributed by atoms with Gasteiger partial charge in [-0.1, -0.05) is 32.1 Å². The van der Waals surface area contributed by atoms with Gasteiger partial charge in [0, 0.05) is 12.0 Å². The van der Waals surface area contributed by atoms with Crippen molar-refractivity contribution in [2.24, 2.45) is 5.92 Å². The molecule has 0 bridgehead atoms. The number of Topliss-reactive ketones (excluding diaryl/α,β-unsaturated/α-hetero) is 1. The van der Waals surface area contributed by atoms with Crippen molar-refractivity contribution in [2.45, 2.75) is 27.2 Å². The maximum Gasteiger partial charge on any atom is 0.163 e. The lowest BCUT2D eigenvalue weighted by atomic mass is 10.0. The summed E-state index contributed by atoms with van der Waals surface area (Å²) in [5.41, 5.74) is 1.28. The molecule has 0 aliphatic carbocycles. The summed E-state index contributed by atoms with van der Waals surface area (Å²) in [4.78, 5) is 11.6. The zero-order chi connectivity index (χ0) is 13.3. The monoisotopic (exact) mass is 229 g/mol. The first-order chi connectivity index (χ1) is 8.04. The molecule has 0 aliphatic rings. The van der Waals surface area contributed by atoms with Crippen LogP contribution in [0.15, 0.2) is 36.9 Å². The Bertz CT molecular complexity index is 396. The molecule has 1 rings (SSSR count). The standard InChI is InChI=1S/C12H13NO.C3H6/c1-9(2)7-12(14)11-5-3-10(8-13)4-6-11;1-3-2/h3-6,9H,7H2,1-2H3;3H,1H2,2H3. The summed E-state index contributed by atoms with van der Waals surface area (Å²) < 4.78 is 0. The number of ketones is 1. The fraction of sp³-hybridized carbons (Fsp3) is 0.333. The van der Waals surface area contributed by atoms with E-state index in [1.54, 1.807) is 30.3 Å². The van der Waals surface area contributed by atoms with Gasteiger partial charge in [0.2, 0.25) is 0 Å². The minimum atomic E-state index is 0.143. The fourth-order valence-electron chi connectivity index (χ4n) is 1.22. The van der Waals surface area contributed by atoms with E-state index in [2.05, 4.69) is 6.58 Å². The smallest absolute Gasteiger partial charge is 0.163 e. The van der Waals surface area contributed by atoms with Gasteiger partial charge in [0.1, 0.15) is 0 Å². The Labute approximate surface area is 104 Å². The van der Waals surface area contributed by atoms with Crippen LogP contribution in [0.25, 0.3) is 0 Å². The number of hydrogen-bond acceptors (Lipinski definition) is 2. The molecule has 0 saturated heterocycles. The predicted molar refractivity (Wildman–Crippen MR) is 70.8 cm³/mol. The molecule has 0 saturated carbocycles. The Morgan fingerprint density at radius 2 is 1.88 bits per heavy atom. The molecule has 2 heteroatoms. The van der Waals surface area contributed by atoms with Crippen molar-refractivity contribution in [3.63, 3.8) is 0 Å². The number of carbonyl (C=O) groups excluding carboxylic acids is 1. The molecule has 1 aromatic carbocycles. The van der Waals surface area contributed by atoms with Crippen LogP contribution in [-0.4, -0.2) is 5.78 Å². The summed E-state index contributed by atoms with van der Waals surface area (Å²) in [5.74, 6) is 0.516. The maximum absolute atomic E-state index is 11.6. The molecule has 0 fully saturated rings. The van der Waals surface area contributed by atoms with Gasteiger partial charge in [0.25, 0.3) is 0 Å². The number of nitrogens with zero attached hydrogens (tertiary/aromatic N) is 1. The second-order valence-corrected chi connectivity index (χ2v) is 4.12. The molecular weight excluding hydrogens is 210 g/mol. The SMILES string of the molecule is C=CC.CC(C)CC(=O)c1ccc(C#N)cc1. The molecule has 0 atom stereocenters. The zero-order valence-electron chi connectivity index (χ0n) is 10.7. The molecule has 0 unspecified atom stereocenters. The molecule has 0 aliphatic heterocycles. The number of hydrogen-bond donors (Lipinski definition) is 0. The Morgan fingerprint density at radius 3 is 2.24 bits per heavy atom. The Morgan fingerprint density at radius 1 is 1.41 bits per heavy atom. The summed E-state index contributed by atoms with van der Waals surface area (Å²) >= 11 is 0. The van der Waals surface area contributed by atoms with Crippen LogP contribution >= 0.6 is 0 Å². The topological polar surface area (TPSA) is 40.9 Å². The number of benzene rings is 1. The molecule has 1 aromatic rings. The van der Waals surface area contributed by atoms with E-state index in [-0.39, 0.29) is 5.78 Å². The highest BCUT2D eigenvalue weighted by atomic mass is 16.1. The minimum Gasteiger partial charge on any atom is -0.294 e. The van der Waals surface area contributed by atoms with Crippen LogP contribution in [0.1, 0.15) is 43.1 Å². The highest BCUT2D eigenvalue weighted by Crippen LogP contribution is 2.10. The molecule has 0 heterocycles. The molecule has 0 aromatic heterocycles. The van der Waals surface area contributed by atoms with Crippen molar-refractivity contribution >= 4 is 5.78 Å². The summed E-state index contributed by atoms with van der Waals surface area (Å²) in [6.07, 6.45) is 2.31. The summed E-state index contributed by atoms with van der Waals surface area (Å²) in [7, 11) is 0. The van der Waals surface area contributed by atoms with Crippen molar-refractivity contribution in [2.75, 3.05) is 0 Å². The van der Waals surface area contributed by atoms with Gasteiger partial charge < -0.3 is 0 Å². The van der Waals surface area contributed by atoms with Gasteiger partial charge in [-0.25, -0.2) is 0 Å². The minimum absolute atomic E-state index is 0.143. The van der Waals surface area contributed by atoms with E-state index in [4.69, 9.17) is 5.26 Å². The van der Waals surface area contributed by atoms with Gasteiger partial charge in [0.15, 0.2) is 5.78 Å². The van der Waals surface area contributed by atoms with E-state index in [9.17, 15) is 4.79 Å². The number of nitriles is 1. The maximum atomic E-state index is 11.6. The van der Waals surface area contributed by atoms with Crippen LogP contribution in [0.2, 0.25) is 0 Å². The Kier molecular flexibility index (Phi) is 7.38. The highest BCUT2D eigenvalue weighted by molar-refractivity contribution is 5.96. The predicted octanol–water partition coefficient (Wildman–Crippen LogP) is 3.98. The number of carbonyl (C=O) groups is 1. The fourth-order valence-corrected chi connectivity index (χ4v) is 1.22. The van der Waals surface area contributed by atoms with E-state index in [0.29, 0.717) is 23.5 Å². The number of rotatable bonds is 3. The molecule has 0 spiro atoms. The molecule has 0 amide bonds. The van der Waals surface area contributed by atoms with E-state index < -0.39 is 0 Å². The van der Waals surface area contributed by atoms with Gasteiger partial charge in [-0.15, -0.1) is 6.58 Å². The van der Waals surface area contributed by atoms with E-state index in [1.807, 2.05) is 26.8 Å². The van der Waals surface area contributed by atoms with E-state index >= 15 is 0 Å². The molecule has 17 heavy (non-hydrogen) atoms. The van der Waals surface area contributed by atoms with Gasteiger partial charge in [-0.3, -0.25) is 4.79 Å². The lowest BCUT2D eigenvalue weighted by Gasteiger charge is -2.03. The molecular formula is C15H19NO. The third-order valence-corrected chi connectivity index (χ3v) is 1.93. The van der Waals surface area contributed by atoms with Gasteiger partial charge in [-0.05, 0) is 25.0 Å². The van der Waals surface area contributed by atoms with Gasteiger partial charge in [0.05, 0.1) is 11.6 Å². The van der Waals surface area contributed by atoms with Crippen molar-refractivity contribution < 1.29 is 4.79 Å².